The number of hydrogen-bond donors (Lipinski definition) is 0. The van der Waals surface area contributed by atoms with Gasteiger partial charge in [0.25, 0.3) is 0 Å². The summed E-state index contributed by atoms with van der Waals surface area (Å²) >= 11 is 0. The predicted molar refractivity (Wildman–Crippen MR) is 195 cm³/mol. The smallest absolute Gasteiger partial charge is 0.0972 e. The Morgan fingerprint density at radius 1 is 0.426 bits per heavy atom. The van der Waals surface area contributed by atoms with Crippen LogP contribution >= 0.6 is 0 Å². The average molecular weight is 599 g/mol. The van der Waals surface area contributed by atoms with Gasteiger partial charge in [-0.05, 0) is 42.5 Å². The molecule has 0 aliphatic heterocycles. The standard InChI is InChI=1S/C43H26N4/c1-2-10-31(11-3-1)47-37-15-7-5-13-33(37)40-38(47)25-23-34-39(40)32-12-4-6-14-36(32)46-41(34)29-18-16-27(17-19-29)35-24-22-30-21-20-28-9-8-26-44-42(28)43(30)45-35/h1-26H. The number of para-hydroxylation sites is 3. The molecule has 0 aliphatic rings. The van der Waals surface area contributed by atoms with Gasteiger partial charge < -0.3 is 4.57 Å². The maximum absolute atomic E-state index is 5.27. The highest BCUT2D eigenvalue weighted by molar-refractivity contribution is 6.29. The van der Waals surface area contributed by atoms with Crippen LogP contribution in [-0.2, 0) is 0 Å². The lowest BCUT2D eigenvalue weighted by atomic mass is 9.95. The SMILES string of the molecule is c1ccc(-n2c3ccccc3c3c4c(ccc32)c(-c2ccc(-c3ccc5ccc6cccnc6c5n3)cc2)nc2ccccc24)cc1. The van der Waals surface area contributed by atoms with Gasteiger partial charge in [0.15, 0.2) is 0 Å². The Balaban J connectivity index is 1.19. The quantitative estimate of drug-likeness (QED) is 0.190. The summed E-state index contributed by atoms with van der Waals surface area (Å²) in [4.78, 5) is 15.0. The van der Waals surface area contributed by atoms with Gasteiger partial charge in [0, 0.05) is 60.7 Å². The molecule has 0 spiro atoms. The number of rotatable bonds is 3. The third kappa shape index (κ3) is 3.92. The summed E-state index contributed by atoms with van der Waals surface area (Å²) in [6, 6.07) is 53.5. The van der Waals surface area contributed by atoms with E-state index in [-0.39, 0.29) is 0 Å². The van der Waals surface area contributed by atoms with E-state index >= 15 is 0 Å². The number of pyridine rings is 3. The first-order valence-electron chi connectivity index (χ1n) is 15.9. The highest BCUT2D eigenvalue weighted by atomic mass is 15.0. The maximum Gasteiger partial charge on any atom is 0.0972 e. The highest BCUT2D eigenvalue weighted by Gasteiger charge is 2.19. The molecule has 0 unspecified atom stereocenters. The fourth-order valence-electron chi connectivity index (χ4n) is 7.26. The highest BCUT2D eigenvalue weighted by Crippen LogP contribution is 2.42. The van der Waals surface area contributed by atoms with E-state index in [1.165, 1.54) is 27.2 Å². The molecule has 0 atom stereocenters. The summed E-state index contributed by atoms with van der Waals surface area (Å²) in [7, 11) is 0. The number of nitrogens with zero attached hydrogens (tertiary/aromatic N) is 4. The van der Waals surface area contributed by atoms with E-state index in [1.807, 2.05) is 12.3 Å². The Bertz CT molecular complexity index is 2830. The molecule has 4 aromatic heterocycles. The van der Waals surface area contributed by atoms with Crippen LogP contribution in [0.5, 0.6) is 0 Å². The van der Waals surface area contributed by atoms with Crippen LogP contribution in [0, 0.1) is 0 Å². The molecule has 6 aromatic carbocycles. The summed E-state index contributed by atoms with van der Waals surface area (Å²) in [5.74, 6) is 0. The molecule has 218 valence electrons. The minimum Gasteiger partial charge on any atom is -0.309 e. The van der Waals surface area contributed by atoms with Crippen molar-refractivity contribution in [1.29, 1.82) is 0 Å². The molecule has 0 N–H and O–H groups in total. The van der Waals surface area contributed by atoms with Crippen molar-refractivity contribution in [3.63, 3.8) is 0 Å². The second-order valence-electron chi connectivity index (χ2n) is 12.0. The zero-order valence-electron chi connectivity index (χ0n) is 25.3. The van der Waals surface area contributed by atoms with Crippen LogP contribution < -0.4 is 0 Å². The van der Waals surface area contributed by atoms with E-state index in [4.69, 9.17) is 9.97 Å². The van der Waals surface area contributed by atoms with E-state index in [1.54, 1.807) is 0 Å². The summed E-state index contributed by atoms with van der Waals surface area (Å²) in [5.41, 5.74) is 10.4. The first-order valence-corrected chi connectivity index (χ1v) is 15.9. The first kappa shape index (κ1) is 25.9. The molecule has 4 nitrogen and oxygen atoms in total. The fraction of sp³-hybridized carbons (Fsp3) is 0. The van der Waals surface area contributed by atoms with Crippen molar-refractivity contribution in [2.24, 2.45) is 0 Å². The Morgan fingerprint density at radius 2 is 1.15 bits per heavy atom. The Labute approximate surface area is 270 Å². The largest absolute Gasteiger partial charge is 0.309 e. The molecule has 10 rings (SSSR count). The summed E-state index contributed by atoms with van der Waals surface area (Å²) in [5, 5.41) is 8.19. The minimum atomic E-state index is 0.922. The molecular formula is C43H26N4. The predicted octanol–water partition coefficient (Wildman–Crippen LogP) is 10.9. The van der Waals surface area contributed by atoms with Crippen LogP contribution in [0.2, 0.25) is 0 Å². The maximum atomic E-state index is 5.27. The van der Waals surface area contributed by atoms with Gasteiger partial charge in [-0.25, -0.2) is 9.97 Å². The summed E-state index contributed by atoms with van der Waals surface area (Å²) < 4.78 is 2.38. The van der Waals surface area contributed by atoms with E-state index in [9.17, 15) is 0 Å². The second kappa shape index (κ2) is 10.1. The third-order valence-corrected chi connectivity index (χ3v) is 9.40. The van der Waals surface area contributed by atoms with Crippen LogP contribution in [-0.4, -0.2) is 19.5 Å². The van der Waals surface area contributed by atoms with E-state index in [2.05, 4.69) is 155 Å². The molecule has 10 aromatic rings. The number of benzene rings is 6. The number of aromatic nitrogens is 4. The van der Waals surface area contributed by atoms with Gasteiger partial charge in [-0.1, -0.05) is 109 Å². The Kier molecular flexibility index (Phi) is 5.54. The zero-order chi connectivity index (χ0) is 30.9. The molecule has 0 radical (unpaired) electrons. The Hall–Kier alpha value is -6.39. The van der Waals surface area contributed by atoms with E-state index in [0.717, 1.165) is 66.3 Å². The van der Waals surface area contributed by atoms with Gasteiger partial charge >= 0.3 is 0 Å². The van der Waals surface area contributed by atoms with Crippen LogP contribution in [0.15, 0.2) is 158 Å². The monoisotopic (exact) mass is 598 g/mol. The zero-order valence-corrected chi connectivity index (χ0v) is 25.3. The van der Waals surface area contributed by atoms with Crippen molar-refractivity contribution in [3.05, 3.63) is 158 Å². The summed E-state index contributed by atoms with van der Waals surface area (Å²) in [6.45, 7) is 0. The van der Waals surface area contributed by atoms with Gasteiger partial charge in [0.2, 0.25) is 0 Å². The second-order valence-corrected chi connectivity index (χ2v) is 12.0. The molecule has 47 heavy (non-hydrogen) atoms. The van der Waals surface area contributed by atoms with Crippen molar-refractivity contribution in [2.45, 2.75) is 0 Å². The first-order chi connectivity index (χ1) is 23.3. The van der Waals surface area contributed by atoms with Crippen molar-refractivity contribution in [2.75, 3.05) is 0 Å². The molecule has 0 amide bonds. The molecule has 0 fully saturated rings. The van der Waals surface area contributed by atoms with E-state index < -0.39 is 0 Å². The lowest BCUT2D eigenvalue weighted by molar-refractivity contribution is 1.18. The molecule has 0 bridgehead atoms. The number of hydrogen-bond acceptors (Lipinski definition) is 3. The van der Waals surface area contributed by atoms with Gasteiger partial charge in [-0.3, -0.25) is 4.98 Å². The van der Waals surface area contributed by atoms with Crippen molar-refractivity contribution >= 4 is 65.3 Å². The van der Waals surface area contributed by atoms with Gasteiger partial charge in [0.05, 0.1) is 39.0 Å². The van der Waals surface area contributed by atoms with Gasteiger partial charge in [0.1, 0.15) is 0 Å². The normalized spacial score (nSPS) is 11.8. The molecule has 0 saturated heterocycles. The summed E-state index contributed by atoms with van der Waals surface area (Å²) in [6.07, 6.45) is 1.83. The van der Waals surface area contributed by atoms with Crippen molar-refractivity contribution in [1.82, 2.24) is 19.5 Å². The molecular weight excluding hydrogens is 573 g/mol. The van der Waals surface area contributed by atoms with E-state index in [0.29, 0.717) is 0 Å². The number of fused-ring (bicyclic) bond motifs is 10. The van der Waals surface area contributed by atoms with Crippen molar-refractivity contribution < 1.29 is 0 Å². The van der Waals surface area contributed by atoms with Crippen LogP contribution in [0.4, 0.5) is 0 Å². The molecule has 4 heterocycles. The lowest BCUT2D eigenvalue weighted by Gasteiger charge is -2.13. The molecule has 0 aliphatic carbocycles. The fourth-order valence-corrected chi connectivity index (χ4v) is 7.26. The lowest BCUT2D eigenvalue weighted by Crippen LogP contribution is -1.94. The van der Waals surface area contributed by atoms with Crippen LogP contribution in [0.25, 0.3) is 93.5 Å². The van der Waals surface area contributed by atoms with Crippen molar-refractivity contribution in [3.8, 4) is 28.2 Å². The minimum absolute atomic E-state index is 0.922. The topological polar surface area (TPSA) is 43.6 Å². The Morgan fingerprint density at radius 3 is 2.02 bits per heavy atom. The van der Waals surface area contributed by atoms with Gasteiger partial charge in [-0.15, -0.1) is 0 Å². The third-order valence-electron chi connectivity index (χ3n) is 9.40. The van der Waals surface area contributed by atoms with Crippen LogP contribution in [0.1, 0.15) is 0 Å². The molecule has 4 heteroatoms. The van der Waals surface area contributed by atoms with Crippen LogP contribution in [0.3, 0.4) is 0 Å². The molecule has 0 saturated carbocycles. The van der Waals surface area contributed by atoms with Gasteiger partial charge in [-0.2, -0.15) is 0 Å². The average Bonchev–Trinajstić information content (AvgIpc) is 3.49.